The molecule has 0 bridgehead atoms. The van der Waals surface area contributed by atoms with Crippen LogP contribution in [0.4, 0.5) is 5.69 Å². The van der Waals surface area contributed by atoms with E-state index >= 15 is 0 Å². The molecule has 1 saturated carbocycles. The molecule has 3 nitrogen and oxygen atoms in total. The van der Waals surface area contributed by atoms with Crippen LogP contribution in [0.1, 0.15) is 82.6 Å². The summed E-state index contributed by atoms with van der Waals surface area (Å²) in [6.07, 6.45) is 13.2. The van der Waals surface area contributed by atoms with Crippen LogP contribution in [0.2, 0.25) is 0 Å². The molecular formula is C24H36N2O. The Morgan fingerprint density at radius 2 is 1.59 bits per heavy atom. The highest BCUT2D eigenvalue weighted by molar-refractivity contribution is 6.05. The second-order valence-electron chi connectivity index (χ2n) is 8.97. The number of carbonyl (C=O) groups is 1. The third-order valence-electron chi connectivity index (χ3n) is 7.18. The smallest absolute Gasteiger partial charge is 0.234 e. The lowest BCUT2D eigenvalue weighted by Gasteiger charge is -2.38. The second-order valence-corrected chi connectivity index (χ2v) is 8.97. The summed E-state index contributed by atoms with van der Waals surface area (Å²) in [5.41, 5.74) is 2.44. The molecule has 0 aromatic heterocycles. The molecule has 0 N–H and O–H groups in total. The Labute approximate surface area is 165 Å². The fourth-order valence-corrected chi connectivity index (χ4v) is 5.64. The predicted octanol–water partition coefficient (Wildman–Crippen LogP) is 5.35. The molecule has 2 heterocycles. The average molecular weight is 369 g/mol. The van der Waals surface area contributed by atoms with Gasteiger partial charge in [0.15, 0.2) is 0 Å². The summed E-state index contributed by atoms with van der Waals surface area (Å²) in [4.78, 5) is 17.9. The van der Waals surface area contributed by atoms with Gasteiger partial charge >= 0.3 is 0 Å². The predicted molar refractivity (Wildman–Crippen MR) is 112 cm³/mol. The fourth-order valence-electron chi connectivity index (χ4n) is 5.64. The highest BCUT2D eigenvalue weighted by Gasteiger charge is 2.40. The van der Waals surface area contributed by atoms with Crippen LogP contribution < -0.4 is 4.90 Å². The van der Waals surface area contributed by atoms with Gasteiger partial charge in [0.2, 0.25) is 5.91 Å². The van der Waals surface area contributed by atoms with Gasteiger partial charge in [-0.1, -0.05) is 57.2 Å². The number of carbonyl (C=O) groups excluding carboxylic acids is 1. The number of hydrogen-bond donors (Lipinski definition) is 0. The first kappa shape index (κ1) is 19.0. The molecular weight excluding hydrogens is 332 g/mol. The average Bonchev–Trinajstić information content (AvgIpc) is 2.95. The number of para-hydroxylation sites is 1. The Morgan fingerprint density at radius 3 is 2.30 bits per heavy atom. The summed E-state index contributed by atoms with van der Waals surface area (Å²) in [6, 6.07) is 8.87. The molecule has 1 saturated heterocycles. The van der Waals surface area contributed by atoms with Crippen molar-refractivity contribution in [2.75, 3.05) is 24.5 Å². The number of likely N-dealkylation sites (tertiary alicyclic amines) is 1. The SMILES string of the molecule is CCC1C(=O)N(C2CCN(CC3CCCCCCC3)CC2)c2ccccc21. The molecule has 2 fully saturated rings. The number of anilines is 1. The van der Waals surface area contributed by atoms with Crippen molar-refractivity contribution in [2.24, 2.45) is 5.92 Å². The summed E-state index contributed by atoms with van der Waals surface area (Å²) in [7, 11) is 0. The number of fused-ring (bicyclic) bond motifs is 1. The first-order valence-electron chi connectivity index (χ1n) is 11.4. The van der Waals surface area contributed by atoms with E-state index in [-0.39, 0.29) is 5.92 Å². The zero-order valence-electron chi connectivity index (χ0n) is 17.0. The van der Waals surface area contributed by atoms with Crippen LogP contribution in [0.3, 0.4) is 0 Å². The van der Waals surface area contributed by atoms with Gasteiger partial charge in [-0.05, 0) is 49.7 Å². The Bertz CT molecular complexity index is 627. The van der Waals surface area contributed by atoms with Gasteiger partial charge in [-0.15, -0.1) is 0 Å². The lowest BCUT2D eigenvalue weighted by Crippen LogP contribution is -2.47. The third kappa shape index (κ3) is 4.08. The maximum atomic E-state index is 13.1. The highest BCUT2D eigenvalue weighted by Crippen LogP contribution is 2.41. The standard InChI is InChI=1S/C24H36N2O/c1-2-21-22-12-8-9-13-23(22)26(24(21)27)20-14-16-25(17-15-20)18-19-10-6-4-3-5-7-11-19/h8-9,12-13,19-21H,2-7,10-11,14-18H2,1H3. The minimum Gasteiger partial charge on any atom is -0.308 e. The third-order valence-corrected chi connectivity index (χ3v) is 7.18. The number of rotatable bonds is 4. The van der Waals surface area contributed by atoms with Gasteiger partial charge in [-0.25, -0.2) is 0 Å². The number of nitrogens with zero attached hydrogens (tertiary/aromatic N) is 2. The van der Waals surface area contributed by atoms with E-state index in [1.54, 1.807) is 0 Å². The van der Waals surface area contributed by atoms with Crippen molar-refractivity contribution in [3.8, 4) is 0 Å². The van der Waals surface area contributed by atoms with Crippen LogP contribution in [0.25, 0.3) is 0 Å². The van der Waals surface area contributed by atoms with E-state index in [0.29, 0.717) is 11.9 Å². The van der Waals surface area contributed by atoms with Crippen molar-refractivity contribution in [3.63, 3.8) is 0 Å². The minimum atomic E-state index is 0.0779. The van der Waals surface area contributed by atoms with Gasteiger partial charge in [0, 0.05) is 31.4 Å². The minimum absolute atomic E-state index is 0.0779. The van der Waals surface area contributed by atoms with Crippen LogP contribution in [-0.2, 0) is 4.79 Å². The van der Waals surface area contributed by atoms with Gasteiger partial charge in [0.1, 0.15) is 0 Å². The Kier molecular flexibility index (Phi) is 6.17. The van der Waals surface area contributed by atoms with E-state index in [4.69, 9.17) is 0 Å². The number of piperidine rings is 1. The molecule has 1 atom stereocenters. The number of hydrogen-bond acceptors (Lipinski definition) is 2. The van der Waals surface area contributed by atoms with Crippen molar-refractivity contribution in [1.29, 1.82) is 0 Å². The normalized spacial score (nSPS) is 26.0. The monoisotopic (exact) mass is 368 g/mol. The van der Waals surface area contributed by atoms with Crippen LogP contribution in [0.15, 0.2) is 24.3 Å². The van der Waals surface area contributed by atoms with Crippen molar-refractivity contribution < 1.29 is 4.79 Å². The van der Waals surface area contributed by atoms with E-state index in [9.17, 15) is 4.79 Å². The van der Waals surface area contributed by atoms with E-state index in [1.807, 2.05) is 0 Å². The lowest BCUT2D eigenvalue weighted by atomic mass is 9.90. The van der Waals surface area contributed by atoms with Gasteiger partial charge in [0.25, 0.3) is 0 Å². The fraction of sp³-hybridized carbons (Fsp3) is 0.708. The van der Waals surface area contributed by atoms with Crippen molar-refractivity contribution >= 4 is 11.6 Å². The molecule has 2 aliphatic heterocycles. The van der Waals surface area contributed by atoms with Crippen molar-refractivity contribution in [1.82, 2.24) is 4.90 Å². The van der Waals surface area contributed by atoms with Gasteiger partial charge in [-0.2, -0.15) is 0 Å². The zero-order chi connectivity index (χ0) is 18.6. The lowest BCUT2D eigenvalue weighted by molar-refractivity contribution is -0.120. The van der Waals surface area contributed by atoms with Crippen LogP contribution in [-0.4, -0.2) is 36.5 Å². The van der Waals surface area contributed by atoms with E-state index in [0.717, 1.165) is 38.3 Å². The molecule has 1 aromatic carbocycles. The van der Waals surface area contributed by atoms with E-state index in [2.05, 4.69) is 41.0 Å². The van der Waals surface area contributed by atoms with Crippen molar-refractivity contribution in [2.45, 2.75) is 83.1 Å². The molecule has 3 aliphatic rings. The molecule has 0 radical (unpaired) electrons. The number of amides is 1. The Balaban J connectivity index is 1.36. The summed E-state index contributed by atoms with van der Waals surface area (Å²) in [5, 5.41) is 0. The topological polar surface area (TPSA) is 23.6 Å². The Morgan fingerprint density at radius 1 is 0.926 bits per heavy atom. The summed E-state index contributed by atoms with van der Waals surface area (Å²) in [6.45, 7) is 5.74. The zero-order valence-corrected chi connectivity index (χ0v) is 17.0. The second kappa shape index (κ2) is 8.77. The first-order valence-corrected chi connectivity index (χ1v) is 11.4. The molecule has 3 heteroatoms. The maximum Gasteiger partial charge on any atom is 0.234 e. The van der Waals surface area contributed by atoms with Gasteiger partial charge in [0.05, 0.1) is 5.92 Å². The molecule has 1 unspecified atom stereocenters. The van der Waals surface area contributed by atoms with Crippen LogP contribution in [0.5, 0.6) is 0 Å². The molecule has 1 aliphatic carbocycles. The van der Waals surface area contributed by atoms with Gasteiger partial charge < -0.3 is 9.80 Å². The maximum absolute atomic E-state index is 13.1. The molecule has 148 valence electrons. The highest BCUT2D eigenvalue weighted by atomic mass is 16.2. The summed E-state index contributed by atoms with van der Waals surface area (Å²) >= 11 is 0. The quantitative estimate of drug-likeness (QED) is 0.715. The van der Waals surface area contributed by atoms with Crippen LogP contribution in [0, 0.1) is 5.92 Å². The Hall–Kier alpha value is -1.35. The first-order chi connectivity index (χ1) is 13.3. The molecule has 1 aromatic rings. The van der Waals surface area contributed by atoms with Crippen LogP contribution >= 0.6 is 0 Å². The molecule has 4 rings (SSSR count). The number of benzene rings is 1. The van der Waals surface area contributed by atoms with Crippen molar-refractivity contribution in [3.05, 3.63) is 29.8 Å². The summed E-state index contributed by atoms with van der Waals surface area (Å²) in [5.74, 6) is 1.33. The molecule has 1 amide bonds. The van der Waals surface area contributed by atoms with Gasteiger partial charge in [-0.3, -0.25) is 4.79 Å². The van der Waals surface area contributed by atoms with E-state index < -0.39 is 0 Å². The molecule has 0 spiro atoms. The van der Waals surface area contributed by atoms with E-state index in [1.165, 1.54) is 62.7 Å². The molecule has 27 heavy (non-hydrogen) atoms. The largest absolute Gasteiger partial charge is 0.308 e. The summed E-state index contributed by atoms with van der Waals surface area (Å²) < 4.78 is 0.